The van der Waals surface area contributed by atoms with Crippen molar-refractivity contribution >= 4 is 50.2 Å². The van der Waals surface area contributed by atoms with Crippen LogP contribution in [0.15, 0.2) is 89.6 Å². The number of carbonyl (C=O) groups is 1. The highest BCUT2D eigenvalue weighted by Crippen LogP contribution is 2.34. The Morgan fingerprint density at radius 1 is 0.903 bits per heavy atom. The molecule has 2 heterocycles. The van der Waals surface area contributed by atoms with E-state index in [1.54, 1.807) is 4.90 Å². The summed E-state index contributed by atoms with van der Waals surface area (Å²) in [5.74, 6) is 0.426. The molecule has 1 amide bonds. The summed E-state index contributed by atoms with van der Waals surface area (Å²) in [6, 6.07) is 25.7. The summed E-state index contributed by atoms with van der Waals surface area (Å²) in [4.78, 5) is 26.5. The quantitative estimate of drug-likeness (QED) is 0.423. The number of thiazole rings is 1. The minimum Gasteiger partial charge on any atom is -0.378 e. The highest BCUT2D eigenvalue weighted by Gasteiger charge is 2.34. The van der Waals surface area contributed by atoms with Crippen molar-refractivity contribution in [1.82, 2.24) is 4.98 Å². The summed E-state index contributed by atoms with van der Waals surface area (Å²) in [6.45, 7) is 0. The molecule has 0 saturated carbocycles. The minimum atomic E-state index is -0.172. The fraction of sp³-hybridized carbons (Fsp3) is 0.0800. The molecule has 152 valence electrons. The van der Waals surface area contributed by atoms with Crippen molar-refractivity contribution in [2.75, 3.05) is 23.9 Å². The lowest BCUT2D eigenvalue weighted by Crippen LogP contribution is -2.32. The van der Waals surface area contributed by atoms with Crippen LogP contribution in [-0.4, -0.2) is 30.8 Å². The Morgan fingerprint density at radius 2 is 1.61 bits per heavy atom. The maximum Gasteiger partial charge on any atom is 0.284 e. The van der Waals surface area contributed by atoms with Gasteiger partial charge in [0.25, 0.3) is 5.91 Å². The molecule has 31 heavy (non-hydrogen) atoms. The van der Waals surface area contributed by atoms with Crippen LogP contribution in [0.4, 0.5) is 10.8 Å². The summed E-state index contributed by atoms with van der Waals surface area (Å²) >= 11 is 1.49. The van der Waals surface area contributed by atoms with Gasteiger partial charge in [-0.1, -0.05) is 65.9 Å². The van der Waals surface area contributed by atoms with Gasteiger partial charge in [-0.2, -0.15) is 0 Å². The number of hydrogen-bond acceptors (Lipinski definition) is 5. The predicted octanol–water partition coefficient (Wildman–Crippen LogP) is 5.20. The first-order chi connectivity index (χ1) is 15.1. The average Bonchev–Trinajstić information content (AvgIpc) is 3.35. The number of aromatic nitrogens is 1. The SMILES string of the molecule is CN(C)c1ccc(/C=C2\N=C(c3ccccc3)N(c3nc4ccccc4s3)C2=O)cc1. The van der Waals surface area contributed by atoms with E-state index < -0.39 is 0 Å². The smallest absolute Gasteiger partial charge is 0.284 e. The van der Waals surface area contributed by atoms with Gasteiger partial charge in [0.2, 0.25) is 0 Å². The van der Waals surface area contributed by atoms with Gasteiger partial charge in [-0.3, -0.25) is 4.79 Å². The van der Waals surface area contributed by atoms with Crippen LogP contribution in [0.25, 0.3) is 16.3 Å². The van der Waals surface area contributed by atoms with Crippen molar-refractivity contribution in [1.29, 1.82) is 0 Å². The van der Waals surface area contributed by atoms with Crippen LogP contribution >= 0.6 is 11.3 Å². The largest absolute Gasteiger partial charge is 0.378 e. The first-order valence-electron chi connectivity index (χ1n) is 9.93. The molecular formula is C25H20N4OS. The zero-order valence-corrected chi connectivity index (χ0v) is 18.0. The summed E-state index contributed by atoms with van der Waals surface area (Å²) < 4.78 is 1.04. The molecule has 5 rings (SSSR count). The number of anilines is 2. The molecule has 1 aliphatic heterocycles. The molecule has 0 unspecified atom stereocenters. The van der Waals surface area contributed by atoms with Crippen LogP contribution in [0.3, 0.4) is 0 Å². The van der Waals surface area contributed by atoms with Gasteiger partial charge < -0.3 is 4.90 Å². The lowest BCUT2D eigenvalue weighted by atomic mass is 10.1. The molecule has 6 heteroatoms. The van der Waals surface area contributed by atoms with Crippen molar-refractivity contribution in [3.8, 4) is 0 Å². The second kappa shape index (κ2) is 7.81. The molecule has 0 atom stereocenters. The standard InChI is InChI=1S/C25H20N4OS/c1-28(2)19-14-12-17(13-15-19)16-21-24(30)29(23(26-21)18-8-4-3-5-9-18)25-27-20-10-6-7-11-22(20)31-25/h3-16H,1-2H3/b21-16-. The van der Waals surface area contributed by atoms with Crippen LogP contribution < -0.4 is 9.80 Å². The number of amidine groups is 1. The van der Waals surface area contributed by atoms with Gasteiger partial charge >= 0.3 is 0 Å². The number of fused-ring (bicyclic) bond motifs is 1. The zero-order chi connectivity index (χ0) is 21.4. The molecule has 1 aliphatic rings. The topological polar surface area (TPSA) is 48.8 Å². The lowest BCUT2D eigenvalue weighted by Gasteiger charge is -2.14. The Kier molecular flexibility index (Phi) is 4.84. The maximum absolute atomic E-state index is 13.4. The molecule has 4 aromatic rings. The van der Waals surface area contributed by atoms with E-state index in [0.717, 1.165) is 27.0 Å². The number of aliphatic imine (C=N–C) groups is 1. The van der Waals surface area contributed by atoms with Gasteiger partial charge in [0.15, 0.2) is 5.13 Å². The molecule has 0 fully saturated rings. The number of hydrogen-bond donors (Lipinski definition) is 0. The van der Waals surface area contributed by atoms with Crippen molar-refractivity contribution in [3.05, 3.63) is 95.7 Å². The number of rotatable bonds is 4. The molecule has 0 radical (unpaired) electrons. The van der Waals surface area contributed by atoms with Gasteiger partial charge in [-0.25, -0.2) is 14.9 Å². The number of para-hydroxylation sites is 1. The highest BCUT2D eigenvalue weighted by molar-refractivity contribution is 7.22. The summed E-state index contributed by atoms with van der Waals surface area (Å²) in [7, 11) is 4.00. The Hall–Kier alpha value is -3.77. The van der Waals surface area contributed by atoms with Crippen molar-refractivity contribution in [3.63, 3.8) is 0 Å². The van der Waals surface area contributed by atoms with Gasteiger partial charge in [0, 0.05) is 25.3 Å². The Labute approximate surface area is 184 Å². The maximum atomic E-state index is 13.4. The van der Waals surface area contributed by atoms with Crippen molar-refractivity contribution in [2.24, 2.45) is 4.99 Å². The molecule has 0 bridgehead atoms. The van der Waals surface area contributed by atoms with Crippen LogP contribution in [0.5, 0.6) is 0 Å². The summed E-state index contributed by atoms with van der Waals surface area (Å²) in [5.41, 5.74) is 4.18. The molecular weight excluding hydrogens is 404 g/mol. The molecule has 1 aromatic heterocycles. The number of amides is 1. The second-order valence-electron chi connectivity index (χ2n) is 7.42. The van der Waals surface area contributed by atoms with Crippen molar-refractivity contribution < 1.29 is 4.79 Å². The Morgan fingerprint density at radius 3 is 2.32 bits per heavy atom. The van der Waals surface area contributed by atoms with E-state index in [1.807, 2.05) is 104 Å². The Balaban J connectivity index is 1.59. The van der Waals surface area contributed by atoms with E-state index in [4.69, 9.17) is 9.98 Å². The fourth-order valence-electron chi connectivity index (χ4n) is 3.46. The lowest BCUT2D eigenvalue weighted by molar-refractivity contribution is -0.113. The molecule has 5 nitrogen and oxygen atoms in total. The molecule has 3 aromatic carbocycles. The second-order valence-corrected chi connectivity index (χ2v) is 8.43. The number of benzene rings is 3. The average molecular weight is 425 g/mol. The van der Waals surface area contributed by atoms with E-state index in [2.05, 4.69) is 0 Å². The monoisotopic (exact) mass is 424 g/mol. The fourth-order valence-corrected chi connectivity index (χ4v) is 4.42. The van der Waals surface area contributed by atoms with Gasteiger partial charge in [-0.05, 0) is 35.9 Å². The zero-order valence-electron chi connectivity index (χ0n) is 17.2. The number of nitrogens with zero attached hydrogens (tertiary/aromatic N) is 4. The number of carbonyl (C=O) groups excluding carboxylic acids is 1. The van der Waals surface area contributed by atoms with Crippen LogP contribution in [0.2, 0.25) is 0 Å². The van der Waals surface area contributed by atoms with E-state index in [1.165, 1.54) is 11.3 Å². The van der Waals surface area contributed by atoms with E-state index in [0.29, 0.717) is 16.7 Å². The molecule has 0 aliphatic carbocycles. The summed E-state index contributed by atoms with van der Waals surface area (Å²) in [5, 5.41) is 0.625. The summed E-state index contributed by atoms with van der Waals surface area (Å²) in [6.07, 6.45) is 1.83. The Bertz CT molecular complexity index is 1290. The van der Waals surface area contributed by atoms with Gasteiger partial charge in [0.1, 0.15) is 11.5 Å². The third-order valence-corrected chi connectivity index (χ3v) is 6.10. The minimum absolute atomic E-state index is 0.172. The van der Waals surface area contributed by atoms with Crippen LogP contribution in [0, 0.1) is 0 Å². The first kappa shape index (κ1) is 19.2. The van der Waals surface area contributed by atoms with E-state index >= 15 is 0 Å². The van der Waals surface area contributed by atoms with E-state index in [-0.39, 0.29) is 5.91 Å². The van der Waals surface area contributed by atoms with Crippen LogP contribution in [-0.2, 0) is 4.79 Å². The predicted molar refractivity (Wildman–Crippen MR) is 129 cm³/mol. The first-order valence-corrected chi connectivity index (χ1v) is 10.7. The molecule has 0 spiro atoms. The third-order valence-electron chi connectivity index (χ3n) is 5.08. The van der Waals surface area contributed by atoms with Gasteiger partial charge in [-0.15, -0.1) is 0 Å². The van der Waals surface area contributed by atoms with Crippen molar-refractivity contribution in [2.45, 2.75) is 0 Å². The normalized spacial score (nSPS) is 15.0. The van der Waals surface area contributed by atoms with Crippen LogP contribution in [0.1, 0.15) is 11.1 Å². The van der Waals surface area contributed by atoms with Gasteiger partial charge in [0.05, 0.1) is 10.2 Å². The third kappa shape index (κ3) is 3.62. The highest BCUT2D eigenvalue weighted by atomic mass is 32.1. The molecule has 0 saturated heterocycles. The van der Waals surface area contributed by atoms with E-state index in [9.17, 15) is 4.79 Å². The molecule has 0 N–H and O–H groups in total.